The number of imidazole rings is 1. The molecule has 92 valence electrons. The number of H-pyrrole nitrogens is 1. The van der Waals surface area contributed by atoms with Gasteiger partial charge in [0.2, 0.25) is 0 Å². The van der Waals surface area contributed by atoms with Crippen molar-refractivity contribution in [3.8, 4) is 0 Å². The lowest BCUT2D eigenvalue weighted by molar-refractivity contribution is 1.31. The SMILES string of the molecule is c1c[nH]cn1.c1ccc2c(c1)cnc1ccccc12. The van der Waals surface area contributed by atoms with Gasteiger partial charge in [-0.15, -0.1) is 0 Å². The van der Waals surface area contributed by atoms with Crippen LogP contribution in [0.4, 0.5) is 0 Å². The number of para-hydroxylation sites is 1. The summed E-state index contributed by atoms with van der Waals surface area (Å²) in [6.45, 7) is 0. The maximum absolute atomic E-state index is 4.41. The zero-order chi connectivity index (χ0) is 12.9. The van der Waals surface area contributed by atoms with Gasteiger partial charge in [-0.2, -0.15) is 0 Å². The highest BCUT2D eigenvalue weighted by molar-refractivity contribution is 6.05. The van der Waals surface area contributed by atoms with Gasteiger partial charge in [-0.25, -0.2) is 4.98 Å². The van der Waals surface area contributed by atoms with Crippen LogP contribution in [-0.2, 0) is 0 Å². The molecule has 0 aliphatic heterocycles. The van der Waals surface area contributed by atoms with Gasteiger partial charge < -0.3 is 4.98 Å². The number of fused-ring (bicyclic) bond motifs is 3. The van der Waals surface area contributed by atoms with Crippen LogP contribution in [-0.4, -0.2) is 15.0 Å². The highest BCUT2D eigenvalue weighted by atomic mass is 14.8. The third-order valence-electron chi connectivity index (χ3n) is 2.90. The fourth-order valence-electron chi connectivity index (χ4n) is 2.02. The second-order valence-electron chi connectivity index (χ2n) is 4.12. The Labute approximate surface area is 111 Å². The summed E-state index contributed by atoms with van der Waals surface area (Å²) in [5, 5.41) is 3.70. The molecule has 2 heterocycles. The van der Waals surface area contributed by atoms with Gasteiger partial charge in [-0.05, 0) is 11.5 Å². The van der Waals surface area contributed by atoms with Crippen molar-refractivity contribution < 1.29 is 0 Å². The summed E-state index contributed by atoms with van der Waals surface area (Å²) in [6, 6.07) is 16.6. The van der Waals surface area contributed by atoms with Crippen LogP contribution >= 0.6 is 0 Å². The van der Waals surface area contributed by atoms with Gasteiger partial charge in [0, 0.05) is 29.4 Å². The normalized spacial score (nSPS) is 10.1. The molecule has 0 saturated carbocycles. The first kappa shape index (κ1) is 11.4. The third-order valence-corrected chi connectivity index (χ3v) is 2.90. The van der Waals surface area contributed by atoms with E-state index < -0.39 is 0 Å². The number of aromatic nitrogens is 3. The number of nitrogens with one attached hydrogen (secondary N) is 1. The number of hydrogen-bond acceptors (Lipinski definition) is 2. The van der Waals surface area contributed by atoms with E-state index in [0.29, 0.717) is 0 Å². The van der Waals surface area contributed by atoms with E-state index in [4.69, 9.17) is 0 Å². The highest BCUT2D eigenvalue weighted by Gasteiger charge is 1.98. The predicted molar refractivity (Wildman–Crippen MR) is 77.8 cm³/mol. The second-order valence-corrected chi connectivity index (χ2v) is 4.12. The highest BCUT2D eigenvalue weighted by Crippen LogP contribution is 2.22. The monoisotopic (exact) mass is 247 g/mol. The lowest BCUT2D eigenvalue weighted by atomic mass is 10.1. The fraction of sp³-hybridized carbons (Fsp3) is 0. The van der Waals surface area contributed by atoms with Crippen LogP contribution < -0.4 is 0 Å². The van der Waals surface area contributed by atoms with Crippen molar-refractivity contribution >= 4 is 21.7 Å². The summed E-state index contributed by atoms with van der Waals surface area (Å²) in [5.74, 6) is 0. The van der Waals surface area contributed by atoms with E-state index in [9.17, 15) is 0 Å². The Morgan fingerprint density at radius 2 is 1.63 bits per heavy atom. The number of nitrogens with zero attached hydrogens (tertiary/aromatic N) is 2. The molecule has 0 radical (unpaired) electrons. The van der Waals surface area contributed by atoms with Crippen LogP contribution in [0.5, 0.6) is 0 Å². The van der Waals surface area contributed by atoms with E-state index >= 15 is 0 Å². The molecule has 0 saturated heterocycles. The topological polar surface area (TPSA) is 41.6 Å². The average Bonchev–Trinajstić information content (AvgIpc) is 3.07. The number of benzene rings is 2. The Hall–Kier alpha value is -2.68. The third kappa shape index (κ3) is 2.45. The van der Waals surface area contributed by atoms with Crippen LogP contribution in [0.1, 0.15) is 0 Å². The van der Waals surface area contributed by atoms with Gasteiger partial charge in [0.15, 0.2) is 0 Å². The molecule has 0 aliphatic rings. The fourth-order valence-corrected chi connectivity index (χ4v) is 2.02. The van der Waals surface area contributed by atoms with Gasteiger partial charge >= 0.3 is 0 Å². The Bertz CT molecular complexity index is 704. The van der Waals surface area contributed by atoms with Gasteiger partial charge in [-0.1, -0.05) is 42.5 Å². The molecule has 2 aromatic heterocycles. The van der Waals surface area contributed by atoms with E-state index in [1.807, 2.05) is 24.4 Å². The molecule has 4 rings (SSSR count). The zero-order valence-corrected chi connectivity index (χ0v) is 10.3. The van der Waals surface area contributed by atoms with Crippen LogP contribution in [0.25, 0.3) is 21.7 Å². The molecular formula is C16H13N3. The minimum Gasteiger partial charge on any atom is -0.351 e. The van der Waals surface area contributed by atoms with E-state index in [0.717, 1.165) is 5.52 Å². The molecule has 0 amide bonds. The average molecular weight is 247 g/mol. The smallest absolute Gasteiger partial charge is 0.0919 e. The molecule has 4 aromatic rings. The minimum atomic E-state index is 1.06. The maximum Gasteiger partial charge on any atom is 0.0919 e. The number of pyridine rings is 1. The molecule has 0 unspecified atom stereocenters. The molecule has 0 fully saturated rings. The molecule has 1 N–H and O–H groups in total. The van der Waals surface area contributed by atoms with Crippen molar-refractivity contribution in [1.82, 2.24) is 15.0 Å². The Kier molecular flexibility index (Phi) is 3.19. The lowest BCUT2D eigenvalue weighted by Crippen LogP contribution is -1.80. The van der Waals surface area contributed by atoms with E-state index in [1.54, 1.807) is 18.7 Å². The van der Waals surface area contributed by atoms with Crippen molar-refractivity contribution in [2.45, 2.75) is 0 Å². The van der Waals surface area contributed by atoms with Gasteiger partial charge in [-0.3, -0.25) is 4.98 Å². The number of aromatic amines is 1. The van der Waals surface area contributed by atoms with Crippen LogP contribution in [0, 0.1) is 0 Å². The van der Waals surface area contributed by atoms with Gasteiger partial charge in [0.05, 0.1) is 11.8 Å². The van der Waals surface area contributed by atoms with E-state index in [-0.39, 0.29) is 0 Å². The number of hydrogen-bond donors (Lipinski definition) is 1. The van der Waals surface area contributed by atoms with Crippen LogP contribution in [0.2, 0.25) is 0 Å². The van der Waals surface area contributed by atoms with Gasteiger partial charge in [0.25, 0.3) is 0 Å². The molecule has 19 heavy (non-hydrogen) atoms. The number of rotatable bonds is 0. The van der Waals surface area contributed by atoms with Gasteiger partial charge in [0.1, 0.15) is 0 Å². The Morgan fingerprint density at radius 1 is 0.842 bits per heavy atom. The quantitative estimate of drug-likeness (QED) is 0.480. The molecule has 0 bridgehead atoms. The summed E-state index contributed by atoms with van der Waals surface area (Å²) in [5.41, 5.74) is 1.06. The summed E-state index contributed by atoms with van der Waals surface area (Å²) in [4.78, 5) is 10.8. The lowest BCUT2D eigenvalue weighted by Gasteiger charge is -2.01. The molecule has 3 nitrogen and oxygen atoms in total. The Balaban J connectivity index is 0.000000187. The van der Waals surface area contributed by atoms with Crippen molar-refractivity contribution in [3.05, 3.63) is 73.4 Å². The van der Waals surface area contributed by atoms with E-state index in [1.165, 1.54) is 16.2 Å². The van der Waals surface area contributed by atoms with Crippen molar-refractivity contribution in [3.63, 3.8) is 0 Å². The zero-order valence-electron chi connectivity index (χ0n) is 10.3. The second kappa shape index (κ2) is 5.31. The maximum atomic E-state index is 4.41. The molecule has 2 aromatic carbocycles. The Morgan fingerprint density at radius 3 is 2.37 bits per heavy atom. The summed E-state index contributed by atoms with van der Waals surface area (Å²) in [7, 11) is 0. The van der Waals surface area contributed by atoms with Crippen molar-refractivity contribution in [1.29, 1.82) is 0 Å². The first-order valence-corrected chi connectivity index (χ1v) is 6.10. The molecular weight excluding hydrogens is 234 g/mol. The first-order chi connectivity index (χ1) is 9.45. The van der Waals surface area contributed by atoms with Crippen LogP contribution in [0.3, 0.4) is 0 Å². The molecule has 0 atom stereocenters. The van der Waals surface area contributed by atoms with Crippen molar-refractivity contribution in [2.75, 3.05) is 0 Å². The summed E-state index contributed by atoms with van der Waals surface area (Å²) in [6.07, 6.45) is 7.01. The standard InChI is InChI=1S/C13H9N.C3H4N2/c1-2-6-11-10(5-1)9-14-13-8-4-3-7-12(11)13;1-2-5-3-4-1/h1-9H;1-3H,(H,4,5). The summed E-state index contributed by atoms with van der Waals surface area (Å²) >= 11 is 0. The molecule has 0 spiro atoms. The van der Waals surface area contributed by atoms with E-state index in [2.05, 4.69) is 45.3 Å². The summed E-state index contributed by atoms with van der Waals surface area (Å²) < 4.78 is 0. The largest absolute Gasteiger partial charge is 0.351 e. The first-order valence-electron chi connectivity index (χ1n) is 6.10. The molecule has 3 heteroatoms. The minimum absolute atomic E-state index is 1.06. The predicted octanol–water partition coefficient (Wildman–Crippen LogP) is 3.80. The van der Waals surface area contributed by atoms with Crippen LogP contribution in [0.15, 0.2) is 73.4 Å². The van der Waals surface area contributed by atoms with Crippen molar-refractivity contribution in [2.24, 2.45) is 0 Å². The molecule has 0 aliphatic carbocycles.